The Labute approximate surface area is 186 Å². The van der Waals surface area contributed by atoms with Gasteiger partial charge in [-0.1, -0.05) is 0 Å². The van der Waals surface area contributed by atoms with E-state index in [9.17, 15) is 34.5 Å². The summed E-state index contributed by atoms with van der Waals surface area (Å²) in [6.45, 7) is 18.1. The van der Waals surface area contributed by atoms with E-state index in [1.165, 1.54) is 76.0 Å². The predicted octanol–water partition coefficient (Wildman–Crippen LogP) is 5.23. The van der Waals surface area contributed by atoms with E-state index in [1.807, 2.05) is 0 Å². The second-order valence-corrected chi connectivity index (χ2v) is 8.30. The summed E-state index contributed by atoms with van der Waals surface area (Å²) in [5.74, 6) is 0. The maximum Gasteiger partial charge on any atom is 0.673 e. The number of likely N-dealkylation sites (tertiary alicyclic amines) is 2. The van der Waals surface area contributed by atoms with Crippen LogP contribution in [0.4, 0.5) is 34.5 Å². The van der Waals surface area contributed by atoms with E-state index < -0.39 is 14.5 Å². The van der Waals surface area contributed by atoms with Gasteiger partial charge >= 0.3 is 14.5 Å². The maximum atomic E-state index is 9.75. The molecule has 0 aromatic rings. The van der Waals surface area contributed by atoms with Crippen LogP contribution >= 0.6 is 0 Å². The Kier molecular flexibility index (Phi) is 14.4. The summed E-state index contributed by atoms with van der Waals surface area (Å²) in [6.07, 6.45) is 5.82. The molecule has 2 rings (SSSR count). The van der Waals surface area contributed by atoms with Gasteiger partial charge in [-0.3, -0.25) is 4.48 Å². The van der Waals surface area contributed by atoms with Crippen LogP contribution in [0.25, 0.3) is 0 Å². The lowest BCUT2D eigenvalue weighted by molar-refractivity contribution is -0.958. The third kappa shape index (κ3) is 15.3. The van der Waals surface area contributed by atoms with Gasteiger partial charge in [-0.25, -0.2) is 0 Å². The summed E-state index contributed by atoms with van der Waals surface area (Å²) in [6, 6.07) is 0. The Morgan fingerprint density at radius 1 is 0.688 bits per heavy atom. The molecule has 2 fully saturated rings. The number of hydrogen-bond acceptors (Lipinski definition) is 2. The highest BCUT2D eigenvalue weighted by atomic mass is 19.5. The van der Waals surface area contributed by atoms with E-state index in [2.05, 4.69) is 20.8 Å². The fraction of sp³-hybridized carbons (Fsp3) is 1.00. The minimum absolute atomic E-state index is 0.323. The lowest BCUT2D eigenvalue weighted by Crippen LogP contribution is -2.53. The van der Waals surface area contributed by atoms with Crippen LogP contribution in [0, 0.1) is 0 Å². The van der Waals surface area contributed by atoms with Crippen molar-refractivity contribution in [3.05, 3.63) is 0 Å². The lowest BCUT2D eigenvalue weighted by Gasteiger charge is -2.38. The van der Waals surface area contributed by atoms with E-state index in [4.69, 9.17) is 9.47 Å². The van der Waals surface area contributed by atoms with Crippen LogP contribution in [0.1, 0.15) is 46.5 Å². The number of halogens is 8. The molecule has 2 heterocycles. The van der Waals surface area contributed by atoms with Gasteiger partial charge in [0, 0.05) is 32.6 Å². The molecule has 0 saturated carbocycles. The fourth-order valence-corrected chi connectivity index (χ4v) is 4.40. The van der Waals surface area contributed by atoms with Crippen molar-refractivity contribution in [1.82, 2.24) is 0 Å². The molecule has 0 aliphatic carbocycles. The van der Waals surface area contributed by atoms with Crippen LogP contribution in [0.5, 0.6) is 0 Å². The van der Waals surface area contributed by atoms with Gasteiger partial charge in [0.05, 0.1) is 59.1 Å². The third-order valence-corrected chi connectivity index (χ3v) is 6.34. The van der Waals surface area contributed by atoms with Gasteiger partial charge in [0.15, 0.2) is 6.23 Å². The molecule has 2 aliphatic heterocycles. The van der Waals surface area contributed by atoms with Crippen molar-refractivity contribution in [2.75, 3.05) is 65.6 Å². The summed E-state index contributed by atoms with van der Waals surface area (Å²) in [4.78, 5) is 0. The first kappa shape index (κ1) is 31.4. The van der Waals surface area contributed by atoms with Crippen LogP contribution in [0.2, 0.25) is 0 Å². The molecule has 0 aromatic heterocycles. The minimum Gasteiger partial charge on any atom is -0.418 e. The van der Waals surface area contributed by atoms with Crippen LogP contribution in [-0.2, 0) is 9.47 Å². The Bertz CT molecular complexity index is 463. The maximum absolute atomic E-state index is 9.75. The average Bonchev–Trinajstić information content (AvgIpc) is 3.32. The van der Waals surface area contributed by atoms with Crippen LogP contribution in [0.15, 0.2) is 0 Å². The summed E-state index contributed by atoms with van der Waals surface area (Å²) in [5.41, 5.74) is 0. The highest BCUT2D eigenvalue weighted by molar-refractivity contribution is 6.50. The molecule has 4 nitrogen and oxygen atoms in total. The number of nitrogens with zero attached hydrogens (tertiary/aromatic N) is 2. The van der Waals surface area contributed by atoms with E-state index in [0.29, 0.717) is 6.23 Å². The highest BCUT2D eigenvalue weighted by Gasteiger charge is 2.36. The molecule has 1 unspecified atom stereocenters. The molecular weight excluding hydrogens is 450 g/mol. The molecule has 32 heavy (non-hydrogen) atoms. The van der Waals surface area contributed by atoms with Gasteiger partial charge in [-0.2, -0.15) is 0 Å². The fourth-order valence-electron chi connectivity index (χ4n) is 4.40. The Hall–Kier alpha value is -0.590. The first-order valence-electron chi connectivity index (χ1n) is 11.3. The van der Waals surface area contributed by atoms with Crippen LogP contribution in [-0.4, -0.2) is 95.3 Å². The first-order chi connectivity index (χ1) is 14.7. The van der Waals surface area contributed by atoms with Gasteiger partial charge < -0.3 is 48.5 Å². The van der Waals surface area contributed by atoms with E-state index in [1.54, 1.807) is 0 Å². The van der Waals surface area contributed by atoms with Crippen LogP contribution in [0.3, 0.4) is 0 Å². The highest BCUT2D eigenvalue weighted by Crippen LogP contribution is 2.24. The minimum atomic E-state index is -6.00. The average molecular weight is 488 g/mol. The number of quaternary nitrogens is 2. The summed E-state index contributed by atoms with van der Waals surface area (Å²) in [5, 5.41) is 0. The van der Waals surface area contributed by atoms with Crippen molar-refractivity contribution in [3.63, 3.8) is 0 Å². The third-order valence-electron chi connectivity index (χ3n) is 6.34. The zero-order chi connectivity index (χ0) is 24.9. The first-order valence-corrected chi connectivity index (χ1v) is 11.3. The topological polar surface area (TPSA) is 18.5 Å². The van der Waals surface area contributed by atoms with E-state index in [-0.39, 0.29) is 0 Å². The number of ether oxygens (including phenoxy) is 2. The summed E-state index contributed by atoms with van der Waals surface area (Å²) >= 11 is 0. The van der Waals surface area contributed by atoms with Gasteiger partial charge in [0.1, 0.15) is 6.54 Å². The van der Waals surface area contributed by atoms with Gasteiger partial charge in [0.2, 0.25) is 0 Å². The number of hydrogen-bond donors (Lipinski definition) is 0. The molecule has 194 valence electrons. The monoisotopic (exact) mass is 488 g/mol. The second-order valence-electron chi connectivity index (χ2n) is 8.30. The molecule has 14 heteroatoms. The lowest BCUT2D eigenvalue weighted by atomic mass is 10.3. The molecule has 0 bridgehead atoms. The SMILES string of the molecule is CC[N+]1(CCOCCOC(C)[N+]2(CC)CCCC2)CCCC1.F[B-](F)(F)F.F[B-](F)(F)F. The molecule has 2 aliphatic rings. The van der Waals surface area contributed by atoms with Crippen molar-refractivity contribution < 1.29 is 53.0 Å². The Morgan fingerprint density at radius 2 is 1.12 bits per heavy atom. The van der Waals surface area contributed by atoms with Gasteiger partial charge in [-0.05, 0) is 13.8 Å². The van der Waals surface area contributed by atoms with Crippen molar-refractivity contribution in [1.29, 1.82) is 0 Å². The van der Waals surface area contributed by atoms with E-state index in [0.717, 1.165) is 24.3 Å². The molecule has 2 saturated heterocycles. The molecule has 0 N–H and O–H groups in total. The zero-order valence-corrected chi connectivity index (χ0v) is 19.4. The Balaban J connectivity index is 0.000000805. The Morgan fingerprint density at radius 3 is 1.53 bits per heavy atom. The van der Waals surface area contributed by atoms with Crippen LogP contribution < -0.4 is 0 Å². The van der Waals surface area contributed by atoms with Crippen molar-refractivity contribution in [3.8, 4) is 0 Å². The molecule has 0 aromatic carbocycles. The summed E-state index contributed by atoms with van der Waals surface area (Å²) < 4.78 is 92.4. The molecule has 1 atom stereocenters. The van der Waals surface area contributed by atoms with E-state index >= 15 is 0 Å². The smallest absolute Gasteiger partial charge is 0.418 e. The molecule has 0 spiro atoms. The van der Waals surface area contributed by atoms with Crippen molar-refractivity contribution in [2.45, 2.75) is 52.7 Å². The van der Waals surface area contributed by atoms with Gasteiger partial charge in [0.25, 0.3) is 0 Å². The number of rotatable bonds is 10. The van der Waals surface area contributed by atoms with Crippen molar-refractivity contribution in [2.24, 2.45) is 0 Å². The normalized spacial score (nSPS) is 20.7. The van der Waals surface area contributed by atoms with Gasteiger partial charge in [-0.15, -0.1) is 0 Å². The standard InChI is InChI=1S/C18H38N2O2.2BF4/c1-4-19(10-6-7-11-19)14-15-21-16-17-22-18(3)20(5-2)12-8-9-13-20;2*2-1(3,4)5/h18H,4-17H2,1-3H3;;/q+2;2*-1. The quantitative estimate of drug-likeness (QED) is 0.182. The second kappa shape index (κ2) is 14.6. The molecular formula is C18H38B2F8N2O2. The molecule has 0 radical (unpaired) electrons. The largest absolute Gasteiger partial charge is 0.673 e. The summed E-state index contributed by atoms with van der Waals surface area (Å²) in [7, 11) is -12.0. The number of likely N-dealkylation sites (N-methyl/N-ethyl adjacent to an activating group) is 1. The predicted molar refractivity (Wildman–Crippen MR) is 111 cm³/mol. The molecule has 0 amide bonds. The van der Waals surface area contributed by atoms with Crippen molar-refractivity contribution >= 4 is 14.5 Å². The zero-order valence-electron chi connectivity index (χ0n) is 19.4.